The Labute approximate surface area is 218 Å². The van der Waals surface area contributed by atoms with E-state index in [1.54, 1.807) is 6.08 Å². The Morgan fingerprint density at radius 3 is 2.50 bits per heavy atom. The third-order valence-corrected chi connectivity index (χ3v) is 7.43. The fourth-order valence-corrected chi connectivity index (χ4v) is 5.05. The summed E-state index contributed by atoms with van der Waals surface area (Å²) in [5, 5.41) is 11.5. The van der Waals surface area contributed by atoms with Crippen molar-refractivity contribution >= 4 is 29.7 Å². The number of hydrogen-bond donors (Lipinski definition) is 1. The number of rotatable bonds is 6. The van der Waals surface area contributed by atoms with Gasteiger partial charge in [0.1, 0.15) is 5.82 Å². The van der Waals surface area contributed by atoms with E-state index in [1.807, 2.05) is 53.5 Å². The van der Waals surface area contributed by atoms with Crippen molar-refractivity contribution in [1.82, 2.24) is 14.7 Å². The summed E-state index contributed by atoms with van der Waals surface area (Å²) in [5.74, 6) is -0.255. The van der Waals surface area contributed by atoms with E-state index in [0.717, 1.165) is 49.4 Å². The largest absolute Gasteiger partial charge is 0.386 e. The fourth-order valence-electron chi connectivity index (χ4n) is 4.87. The molecule has 2 aliphatic heterocycles. The number of piperazine rings is 1. The summed E-state index contributed by atoms with van der Waals surface area (Å²) >= 11 is 6.25. The zero-order valence-electron chi connectivity index (χ0n) is 21.0. The molecule has 0 saturated carbocycles. The van der Waals surface area contributed by atoms with E-state index in [4.69, 9.17) is 11.6 Å². The predicted octanol–water partition coefficient (Wildman–Crippen LogP) is 4.70. The minimum absolute atomic E-state index is 0.0252. The van der Waals surface area contributed by atoms with Gasteiger partial charge in [0.25, 0.3) is 0 Å². The standard InChI is InChI=1S/C29H35ClFN3O2/c1-22-20-33(21-23-3-8-27(31)9-4-23)17-18-34(22)28(35)10-6-24-5-7-26(30)19-25(24)11-12-29(36)13-15-32(2)16-14-29/h3-12,19,22,36H,13-18,20-21H2,1-2H3. The topological polar surface area (TPSA) is 47.0 Å². The molecule has 1 N–H and O–H groups in total. The molecule has 0 spiro atoms. The number of carbonyl (C=O) groups is 1. The van der Waals surface area contributed by atoms with Crippen molar-refractivity contribution in [3.8, 4) is 0 Å². The summed E-state index contributed by atoms with van der Waals surface area (Å²) in [4.78, 5) is 19.4. The van der Waals surface area contributed by atoms with Crippen molar-refractivity contribution < 1.29 is 14.3 Å². The molecular weight excluding hydrogens is 477 g/mol. The SMILES string of the molecule is CC1CN(Cc2ccc(F)cc2)CCN1C(=O)C=Cc1ccc(Cl)cc1C=CC1(O)CCN(C)CC1. The second kappa shape index (κ2) is 11.7. The van der Waals surface area contributed by atoms with Gasteiger partial charge in [-0.05, 0) is 73.8 Å². The van der Waals surface area contributed by atoms with E-state index >= 15 is 0 Å². The molecule has 1 amide bonds. The quantitative estimate of drug-likeness (QED) is 0.571. The van der Waals surface area contributed by atoms with E-state index in [1.165, 1.54) is 12.1 Å². The average Bonchev–Trinajstić information content (AvgIpc) is 2.85. The highest BCUT2D eigenvalue weighted by atomic mass is 35.5. The predicted molar refractivity (Wildman–Crippen MR) is 144 cm³/mol. The Hall–Kier alpha value is -2.51. The van der Waals surface area contributed by atoms with Crippen LogP contribution in [0.2, 0.25) is 5.02 Å². The molecule has 2 heterocycles. The summed E-state index contributed by atoms with van der Waals surface area (Å²) in [5.41, 5.74) is 1.99. The molecule has 36 heavy (non-hydrogen) atoms. The van der Waals surface area contributed by atoms with Crippen LogP contribution in [0.15, 0.2) is 54.6 Å². The summed E-state index contributed by atoms with van der Waals surface area (Å²) < 4.78 is 13.2. The monoisotopic (exact) mass is 511 g/mol. The lowest BCUT2D eigenvalue weighted by molar-refractivity contribution is -0.130. The van der Waals surface area contributed by atoms with Gasteiger partial charge in [0.15, 0.2) is 0 Å². The van der Waals surface area contributed by atoms with Crippen LogP contribution in [-0.4, -0.2) is 77.1 Å². The number of hydrogen-bond acceptors (Lipinski definition) is 4. The minimum Gasteiger partial charge on any atom is -0.386 e. The molecule has 2 aromatic carbocycles. The number of amides is 1. The van der Waals surface area contributed by atoms with Crippen LogP contribution in [-0.2, 0) is 11.3 Å². The van der Waals surface area contributed by atoms with Crippen molar-refractivity contribution in [3.63, 3.8) is 0 Å². The van der Waals surface area contributed by atoms with Crippen LogP contribution >= 0.6 is 11.6 Å². The molecule has 192 valence electrons. The van der Waals surface area contributed by atoms with E-state index in [0.29, 0.717) is 24.4 Å². The van der Waals surface area contributed by atoms with Crippen molar-refractivity contribution in [2.45, 2.75) is 38.0 Å². The smallest absolute Gasteiger partial charge is 0.246 e. The Morgan fingerprint density at radius 2 is 1.81 bits per heavy atom. The summed E-state index contributed by atoms with van der Waals surface area (Å²) in [6.45, 7) is 6.68. The minimum atomic E-state index is -0.825. The van der Waals surface area contributed by atoms with Gasteiger partial charge >= 0.3 is 0 Å². The fraction of sp³-hybridized carbons (Fsp3) is 0.414. The molecule has 2 saturated heterocycles. The van der Waals surface area contributed by atoms with Crippen LogP contribution in [0.1, 0.15) is 36.5 Å². The summed E-state index contributed by atoms with van der Waals surface area (Å²) in [6, 6.07) is 12.2. The molecule has 0 bridgehead atoms. The highest BCUT2D eigenvalue weighted by Crippen LogP contribution is 2.26. The number of nitrogens with zero attached hydrogens (tertiary/aromatic N) is 3. The number of piperidine rings is 1. The molecule has 0 radical (unpaired) electrons. The Kier molecular flexibility index (Phi) is 8.62. The number of benzene rings is 2. The number of aliphatic hydroxyl groups is 1. The Morgan fingerprint density at radius 1 is 1.08 bits per heavy atom. The first kappa shape index (κ1) is 26.6. The van der Waals surface area contributed by atoms with Crippen molar-refractivity contribution in [2.75, 3.05) is 39.8 Å². The maximum Gasteiger partial charge on any atom is 0.246 e. The second-order valence-corrected chi connectivity index (χ2v) is 10.5. The first-order chi connectivity index (χ1) is 17.2. The molecule has 0 aromatic heterocycles. The molecule has 2 fully saturated rings. The number of likely N-dealkylation sites (tertiary alicyclic amines) is 1. The molecule has 1 atom stereocenters. The second-order valence-electron chi connectivity index (χ2n) is 10.1. The molecule has 0 aliphatic carbocycles. The van der Waals surface area contributed by atoms with Gasteiger partial charge in [-0.25, -0.2) is 4.39 Å². The molecule has 2 aromatic rings. The van der Waals surface area contributed by atoms with Gasteiger partial charge in [-0.2, -0.15) is 0 Å². The Balaban J connectivity index is 1.39. The molecule has 5 nitrogen and oxygen atoms in total. The van der Waals surface area contributed by atoms with Crippen molar-refractivity contribution in [2.24, 2.45) is 0 Å². The van der Waals surface area contributed by atoms with Crippen LogP contribution in [0.3, 0.4) is 0 Å². The van der Waals surface area contributed by atoms with Gasteiger partial charge in [0.05, 0.1) is 5.60 Å². The van der Waals surface area contributed by atoms with Gasteiger partial charge in [0.2, 0.25) is 5.91 Å². The molecule has 7 heteroatoms. The molecule has 2 aliphatic rings. The van der Waals surface area contributed by atoms with Gasteiger partial charge in [-0.15, -0.1) is 0 Å². The lowest BCUT2D eigenvalue weighted by Gasteiger charge is -2.39. The van der Waals surface area contributed by atoms with Crippen LogP contribution in [0.5, 0.6) is 0 Å². The van der Waals surface area contributed by atoms with Crippen LogP contribution in [0.25, 0.3) is 12.2 Å². The molecule has 1 unspecified atom stereocenters. The van der Waals surface area contributed by atoms with Gasteiger partial charge < -0.3 is 14.9 Å². The zero-order valence-corrected chi connectivity index (χ0v) is 21.8. The van der Waals surface area contributed by atoms with Crippen molar-refractivity contribution in [3.05, 3.63) is 82.1 Å². The number of halogens is 2. The van der Waals surface area contributed by atoms with E-state index < -0.39 is 5.60 Å². The van der Waals surface area contributed by atoms with Gasteiger partial charge in [-0.3, -0.25) is 9.69 Å². The highest BCUT2D eigenvalue weighted by Gasteiger charge is 2.28. The summed E-state index contributed by atoms with van der Waals surface area (Å²) in [7, 11) is 2.06. The first-order valence-electron chi connectivity index (χ1n) is 12.6. The normalized spacial score (nSPS) is 21.5. The molecular formula is C29H35ClFN3O2. The molecule has 4 rings (SSSR count). The number of carbonyl (C=O) groups excluding carboxylic acids is 1. The third kappa shape index (κ3) is 7.04. The van der Waals surface area contributed by atoms with Crippen LogP contribution < -0.4 is 0 Å². The van der Waals surface area contributed by atoms with Crippen LogP contribution in [0, 0.1) is 5.82 Å². The van der Waals surface area contributed by atoms with Gasteiger partial charge in [0, 0.05) is 56.4 Å². The first-order valence-corrected chi connectivity index (χ1v) is 12.9. The summed E-state index contributed by atoms with van der Waals surface area (Å²) in [6.07, 6.45) is 8.61. The maximum atomic E-state index is 13.2. The van der Waals surface area contributed by atoms with Crippen molar-refractivity contribution in [1.29, 1.82) is 0 Å². The third-order valence-electron chi connectivity index (χ3n) is 7.19. The lowest BCUT2D eigenvalue weighted by Crippen LogP contribution is -2.53. The average molecular weight is 512 g/mol. The van der Waals surface area contributed by atoms with Crippen LogP contribution in [0.4, 0.5) is 4.39 Å². The zero-order chi connectivity index (χ0) is 25.7. The van der Waals surface area contributed by atoms with E-state index in [9.17, 15) is 14.3 Å². The van der Waals surface area contributed by atoms with E-state index in [2.05, 4.69) is 23.8 Å². The van der Waals surface area contributed by atoms with Gasteiger partial charge in [-0.1, -0.05) is 42.0 Å². The Bertz CT molecular complexity index is 1110. The highest BCUT2D eigenvalue weighted by molar-refractivity contribution is 6.30. The van der Waals surface area contributed by atoms with E-state index in [-0.39, 0.29) is 17.8 Å². The lowest BCUT2D eigenvalue weighted by atomic mass is 9.90. The maximum absolute atomic E-state index is 13.2.